The van der Waals surface area contributed by atoms with Crippen LogP contribution in [0.2, 0.25) is 0 Å². The van der Waals surface area contributed by atoms with Crippen LogP contribution in [0.5, 0.6) is 17.2 Å². The van der Waals surface area contributed by atoms with Gasteiger partial charge in [0.05, 0.1) is 13.7 Å². The van der Waals surface area contributed by atoms with Crippen molar-refractivity contribution in [3.05, 3.63) is 53.1 Å². The van der Waals surface area contributed by atoms with E-state index in [-0.39, 0.29) is 0 Å². The second-order valence-electron chi connectivity index (χ2n) is 12.0. The lowest BCUT2D eigenvalue weighted by Gasteiger charge is -2.53. The fraction of sp³-hybridized carbons (Fsp3) is 0.613. The van der Waals surface area contributed by atoms with Crippen LogP contribution in [-0.2, 0) is 13.0 Å². The molecule has 2 fully saturated rings. The van der Waals surface area contributed by atoms with Gasteiger partial charge in [-0.15, -0.1) is 0 Å². The van der Waals surface area contributed by atoms with Gasteiger partial charge in [0, 0.05) is 6.54 Å². The number of ether oxygens (including phenoxy) is 2. The monoisotopic (exact) mass is 477 g/mol. The number of benzene rings is 2. The molecule has 0 saturated heterocycles. The summed E-state index contributed by atoms with van der Waals surface area (Å²) in [5.41, 5.74) is 4.55. The van der Waals surface area contributed by atoms with E-state index in [1.807, 2.05) is 12.1 Å². The standard InChI is InChI=1S/C31H43NO3/c1-20-16-22-18-24(33)8-9-25(22)26-12-14-31(2)23(7-10-27(31)30(20)26)13-15-35-28-11-6-21(19-32(3)4)17-29(28)34-5/h6,8-9,11,17-18,20,23,26-27,30,33H,7,10,12-16,19H2,1-5H3/t20-,23-,26-,27+,30-,31-/m1/s1. The second kappa shape index (κ2) is 9.69. The normalized spacial score (nSPS) is 31.5. The Morgan fingerprint density at radius 1 is 1.06 bits per heavy atom. The van der Waals surface area contributed by atoms with Crippen LogP contribution in [0.1, 0.15) is 68.6 Å². The predicted molar refractivity (Wildman–Crippen MR) is 141 cm³/mol. The summed E-state index contributed by atoms with van der Waals surface area (Å²) in [7, 11) is 5.89. The van der Waals surface area contributed by atoms with E-state index in [1.54, 1.807) is 7.11 Å². The van der Waals surface area contributed by atoms with Gasteiger partial charge in [-0.3, -0.25) is 0 Å². The van der Waals surface area contributed by atoms with Crippen molar-refractivity contribution in [2.75, 3.05) is 27.8 Å². The van der Waals surface area contributed by atoms with Crippen molar-refractivity contribution in [2.45, 2.75) is 64.8 Å². The number of phenols is 1. The number of aromatic hydroxyl groups is 1. The van der Waals surface area contributed by atoms with Gasteiger partial charge in [0.2, 0.25) is 0 Å². The maximum absolute atomic E-state index is 10.0. The molecule has 4 heteroatoms. The molecule has 1 N–H and O–H groups in total. The summed E-state index contributed by atoms with van der Waals surface area (Å²) in [6.45, 7) is 6.69. The second-order valence-corrected chi connectivity index (χ2v) is 12.0. The Morgan fingerprint density at radius 2 is 1.89 bits per heavy atom. The topological polar surface area (TPSA) is 41.9 Å². The fourth-order valence-electron chi connectivity index (χ4n) is 8.15. The minimum absolute atomic E-state index is 0.410. The molecule has 0 bridgehead atoms. The zero-order valence-electron chi connectivity index (χ0n) is 22.2. The average Bonchev–Trinajstić information content (AvgIpc) is 3.15. The summed E-state index contributed by atoms with van der Waals surface area (Å²) >= 11 is 0. The van der Waals surface area contributed by atoms with E-state index in [0.717, 1.165) is 55.2 Å². The molecular formula is C31H43NO3. The van der Waals surface area contributed by atoms with Crippen molar-refractivity contribution >= 4 is 0 Å². The van der Waals surface area contributed by atoms with Crippen LogP contribution in [0.15, 0.2) is 36.4 Å². The lowest BCUT2D eigenvalue weighted by Crippen LogP contribution is -2.45. The van der Waals surface area contributed by atoms with E-state index in [2.05, 4.69) is 57.1 Å². The summed E-state index contributed by atoms with van der Waals surface area (Å²) in [5, 5.41) is 10.0. The largest absolute Gasteiger partial charge is 0.508 e. The first-order chi connectivity index (χ1) is 16.8. The molecule has 190 valence electrons. The van der Waals surface area contributed by atoms with Gasteiger partial charge in [-0.2, -0.15) is 0 Å². The molecule has 0 unspecified atom stereocenters. The number of hydrogen-bond donors (Lipinski definition) is 1. The van der Waals surface area contributed by atoms with Gasteiger partial charge < -0.3 is 19.5 Å². The van der Waals surface area contributed by atoms with Crippen LogP contribution in [0.3, 0.4) is 0 Å². The minimum atomic E-state index is 0.410. The average molecular weight is 478 g/mol. The van der Waals surface area contributed by atoms with Crippen molar-refractivity contribution in [2.24, 2.45) is 29.1 Å². The highest BCUT2D eigenvalue weighted by Crippen LogP contribution is 2.64. The molecule has 35 heavy (non-hydrogen) atoms. The zero-order chi connectivity index (χ0) is 24.7. The smallest absolute Gasteiger partial charge is 0.161 e. The molecule has 2 aromatic rings. The Morgan fingerprint density at radius 3 is 2.66 bits per heavy atom. The van der Waals surface area contributed by atoms with Gasteiger partial charge in [0.1, 0.15) is 5.75 Å². The Balaban J connectivity index is 1.25. The summed E-state index contributed by atoms with van der Waals surface area (Å²) in [6.07, 6.45) is 7.47. The third kappa shape index (κ3) is 4.55. The van der Waals surface area contributed by atoms with Gasteiger partial charge in [-0.25, -0.2) is 0 Å². The summed E-state index contributed by atoms with van der Waals surface area (Å²) in [5.74, 6) is 5.73. The first-order valence-corrected chi connectivity index (χ1v) is 13.6. The lowest BCUT2D eigenvalue weighted by atomic mass is 9.51. The van der Waals surface area contributed by atoms with Crippen LogP contribution in [0.25, 0.3) is 0 Å². The summed E-state index contributed by atoms with van der Waals surface area (Å²) < 4.78 is 11.9. The molecule has 6 atom stereocenters. The molecule has 5 rings (SSSR count). The maximum atomic E-state index is 10.0. The van der Waals surface area contributed by atoms with Gasteiger partial charge in [-0.05, 0) is 129 Å². The molecule has 2 aromatic carbocycles. The molecule has 3 aliphatic carbocycles. The number of rotatable bonds is 7. The molecule has 0 spiro atoms. The van der Waals surface area contributed by atoms with E-state index < -0.39 is 0 Å². The van der Waals surface area contributed by atoms with Crippen molar-refractivity contribution in [1.82, 2.24) is 4.90 Å². The Bertz CT molecular complexity index is 1050. The molecule has 0 amide bonds. The highest BCUT2D eigenvalue weighted by molar-refractivity contribution is 5.43. The highest BCUT2D eigenvalue weighted by Gasteiger charge is 2.55. The van der Waals surface area contributed by atoms with E-state index in [1.165, 1.54) is 42.4 Å². The van der Waals surface area contributed by atoms with Crippen LogP contribution in [-0.4, -0.2) is 37.8 Å². The van der Waals surface area contributed by atoms with Gasteiger partial charge in [0.15, 0.2) is 11.5 Å². The van der Waals surface area contributed by atoms with E-state index >= 15 is 0 Å². The third-order valence-corrected chi connectivity index (χ3v) is 9.70. The number of fused-ring (bicyclic) bond motifs is 5. The van der Waals surface area contributed by atoms with Crippen LogP contribution in [0.4, 0.5) is 0 Å². The van der Waals surface area contributed by atoms with Gasteiger partial charge in [0.25, 0.3) is 0 Å². The quantitative estimate of drug-likeness (QED) is 0.485. The summed E-state index contributed by atoms with van der Waals surface area (Å²) in [6, 6.07) is 12.5. The SMILES string of the molecule is COc1cc(CN(C)C)ccc1OCC[C@H]1CC[C@H]2[C@@H]3[C@H](C)Cc4cc(O)ccc4[C@H]3CC[C@]12C. The number of phenolic OH excluding ortho intramolecular Hbond substituents is 1. The molecule has 0 heterocycles. The van der Waals surface area contributed by atoms with Crippen LogP contribution < -0.4 is 9.47 Å². The molecule has 3 aliphatic rings. The minimum Gasteiger partial charge on any atom is -0.508 e. The van der Waals surface area contributed by atoms with Gasteiger partial charge >= 0.3 is 0 Å². The van der Waals surface area contributed by atoms with Crippen LogP contribution in [0, 0.1) is 29.1 Å². The maximum Gasteiger partial charge on any atom is 0.161 e. The Kier molecular flexibility index (Phi) is 6.78. The van der Waals surface area contributed by atoms with Crippen molar-refractivity contribution < 1.29 is 14.6 Å². The zero-order valence-corrected chi connectivity index (χ0v) is 22.2. The third-order valence-electron chi connectivity index (χ3n) is 9.70. The summed E-state index contributed by atoms with van der Waals surface area (Å²) in [4.78, 5) is 2.16. The van der Waals surface area contributed by atoms with Crippen molar-refractivity contribution in [3.63, 3.8) is 0 Å². The number of nitrogens with zero attached hydrogens (tertiary/aromatic N) is 1. The number of hydrogen-bond acceptors (Lipinski definition) is 4. The van der Waals surface area contributed by atoms with Crippen LogP contribution >= 0.6 is 0 Å². The molecule has 4 nitrogen and oxygen atoms in total. The molecular weight excluding hydrogens is 434 g/mol. The van der Waals surface area contributed by atoms with E-state index in [0.29, 0.717) is 23.0 Å². The van der Waals surface area contributed by atoms with E-state index in [4.69, 9.17) is 9.47 Å². The van der Waals surface area contributed by atoms with E-state index in [9.17, 15) is 5.11 Å². The lowest BCUT2D eigenvalue weighted by molar-refractivity contribution is 0.000862. The molecule has 0 aliphatic heterocycles. The molecule has 2 saturated carbocycles. The molecule has 0 aromatic heterocycles. The Hall–Kier alpha value is -2.20. The Labute approximate surface area is 211 Å². The molecule has 0 radical (unpaired) electrons. The first kappa shape index (κ1) is 24.5. The van der Waals surface area contributed by atoms with Crippen molar-refractivity contribution in [1.29, 1.82) is 0 Å². The first-order valence-electron chi connectivity index (χ1n) is 13.6. The number of methoxy groups -OCH3 is 1. The van der Waals surface area contributed by atoms with Gasteiger partial charge in [-0.1, -0.05) is 26.0 Å². The predicted octanol–water partition coefficient (Wildman–Crippen LogP) is 6.65. The van der Waals surface area contributed by atoms with Crippen molar-refractivity contribution in [3.8, 4) is 17.2 Å². The fourth-order valence-corrected chi connectivity index (χ4v) is 8.15. The highest BCUT2D eigenvalue weighted by atomic mass is 16.5.